The van der Waals surface area contributed by atoms with E-state index in [4.69, 9.17) is 39.5 Å². The van der Waals surface area contributed by atoms with E-state index in [9.17, 15) is 4.79 Å². The SMILES string of the molecule is CCn1cc(Cl)c(CNC(=O)c2ccn(COc3c(Cl)cccc3Cl)n2)n1. The second kappa shape index (κ2) is 8.65. The molecule has 0 aliphatic heterocycles. The third-order valence-electron chi connectivity index (χ3n) is 3.66. The van der Waals surface area contributed by atoms with Gasteiger partial charge in [0.2, 0.25) is 0 Å². The highest BCUT2D eigenvalue weighted by Gasteiger charge is 2.13. The van der Waals surface area contributed by atoms with Crippen LogP contribution < -0.4 is 10.1 Å². The van der Waals surface area contributed by atoms with Gasteiger partial charge in [-0.1, -0.05) is 40.9 Å². The Morgan fingerprint density at radius 3 is 2.52 bits per heavy atom. The van der Waals surface area contributed by atoms with Crippen molar-refractivity contribution in [3.8, 4) is 5.75 Å². The lowest BCUT2D eigenvalue weighted by Gasteiger charge is -2.09. The maximum Gasteiger partial charge on any atom is 0.272 e. The average molecular weight is 429 g/mol. The van der Waals surface area contributed by atoms with Gasteiger partial charge in [-0.25, -0.2) is 4.68 Å². The number of rotatable bonds is 7. The van der Waals surface area contributed by atoms with Crippen molar-refractivity contribution in [2.75, 3.05) is 0 Å². The molecule has 0 aliphatic carbocycles. The molecule has 1 N–H and O–H groups in total. The molecule has 0 saturated heterocycles. The molecule has 0 fully saturated rings. The molecule has 10 heteroatoms. The Balaban J connectivity index is 1.58. The lowest BCUT2D eigenvalue weighted by atomic mass is 10.3. The first kappa shape index (κ1) is 19.5. The van der Waals surface area contributed by atoms with Crippen molar-refractivity contribution >= 4 is 40.7 Å². The molecule has 2 heterocycles. The van der Waals surface area contributed by atoms with Gasteiger partial charge in [0.25, 0.3) is 5.91 Å². The number of aromatic nitrogens is 4. The van der Waals surface area contributed by atoms with Crippen LogP contribution in [0.2, 0.25) is 15.1 Å². The molecule has 2 aromatic heterocycles. The number of carbonyl (C=O) groups excluding carboxylic acids is 1. The van der Waals surface area contributed by atoms with Gasteiger partial charge in [0, 0.05) is 18.9 Å². The van der Waals surface area contributed by atoms with E-state index in [0.717, 1.165) is 0 Å². The van der Waals surface area contributed by atoms with Crippen molar-refractivity contribution in [3.63, 3.8) is 0 Å². The van der Waals surface area contributed by atoms with E-state index in [1.807, 2.05) is 6.92 Å². The van der Waals surface area contributed by atoms with E-state index in [1.165, 1.54) is 4.68 Å². The summed E-state index contributed by atoms with van der Waals surface area (Å²) >= 11 is 18.2. The lowest BCUT2D eigenvalue weighted by Crippen LogP contribution is -2.24. The largest absolute Gasteiger partial charge is 0.468 e. The number of nitrogens with one attached hydrogen (secondary N) is 1. The number of carbonyl (C=O) groups is 1. The molecule has 3 aromatic rings. The molecule has 27 heavy (non-hydrogen) atoms. The van der Waals surface area contributed by atoms with E-state index >= 15 is 0 Å². The Bertz CT molecular complexity index is 934. The van der Waals surface area contributed by atoms with Gasteiger partial charge in [-0.2, -0.15) is 10.2 Å². The topological polar surface area (TPSA) is 74.0 Å². The summed E-state index contributed by atoms with van der Waals surface area (Å²) in [5.41, 5.74) is 0.845. The van der Waals surface area contributed by atoms with Crippen LogP contribution in [0.3, 0.4) is 0 Å². The van der Waals surface area contributed by atoms with Crippen LogP contribution in [0.15, 0.2) is 36.7 Å². The zero-order chi connectivity index (χ0) is 19.4. The fourth-order valence-corrected chi connectivity index (χ4v) is 3.00. The second-order valence-electron chi connectivity index (χ2n) is 5.53. The molecule has 0 aliphatic rings. The number of ether oxygens (including phenoxy) is 1. The molecular weight excluding hydrogens is 413 g/mol. The first-order chi connectivity index (χ1) is 13.0. The summed E-state index contributed by atoms with van der Waals surface area (Å²) in [6.45, 7) is 2.93. The summed E-state index contributed by atoms with van der Waals surface area (Å²) in [7, 11) is 0. The molecule has 0 unspecified atom stereocenters. The zero-order valence-electron chi connectivity index (χ0n) is 14.3. The molecule has 142 valence electrons. The number of hydrogen-bond donors (Lipinski definition) is 1. The minimum Gasteiger partial charge on any atom is -0.468 e. The van der Waals surface area contributed by atoms with Crippen LogP contribution in [0.4, 0.5) is 0 Å². The van der Waals surface area contributed by atoms with Gasteiger partial charge in [0.05, 0.1) is 21.6 Å². The van der Waals surface area contributed by atoms with E-state index < -0.39 is 0 Å². The maximum absolute atomic E-state index is 12.3. The van der Waals surface area contributed by atoms with Crippen molar-refractivity contribution in [2.45, 2.75) is 26.7 Å². The number of para-hydroxylation sites is 1. The molecule has 1 amide bonds. The predicted octanol–water partition coefficient (Wildman–Crippen LogP) is 4.03. The Morgan fingerprint density at radius 1 is 1.11 bits per heavy atom. The minimum atomic E-state index is -0.341. The highest BCUT2D eigenvalue weighted by atomic mass is 35.5. The number of hydrogen-bond acceptors (Lipinski definition) is 4. The smallest absolute Gasteiger partial charge is 0.272 e. The van der Waals surface area contributed by atoms with Crippen LogP contribution in [0, 0.1) is 0 Å². The van der Waals surface area contributed by atoms with Crippen molar-refractivity contribution in [1.82, 2.24) is 24.9 Å². The van der Waals surface area contributed by atoms with Gasteiger partial charge in [-0.05, 0) is 25.1 Å². The zero-order valence-corrected chi connectivity index (χ0v) is 16.6. The van der Waals surface area contributed by atoms with E-state index in [1.54, 1.807) is 41.3 Å². The molecule has 0 spiro atoms. The van der Waals surface area contributed by atoms with E-state index in [0.29, 0.717) is 33.1 Å². The van der Waals surface area contributed by atoms with Crippen molar-refractivity contribution < 1.29 is 9.53 Å². The number of amides is 1. The highest BCUT2D eigenvalue weighted by Crippen LogP contribution is 2.32. The standard InChI is InChI=1S/C17H16Cl3N5O2/c1-2-24-9-13(20)15(23-24)8-21-17(26)14-6-7-25(22-14)10-27-16-11(18)4-3-5-12(16)19/h3-7,9H,2,8,10H2,1H3,(H,21,26). The van der Waals surface area contributed by atoms with Gasteiger partial charge in [0.15, 0.2) is 12.5 Å². The molecule has 0 radical (unpaired) electrons. The lowest BCUT2D eigenvalue weighted by molar-refractivity contribution is 0.0943. The Labute approximate surface area is 170 Å². The van der Waals surface area contributed by atoms with Gasteiger partial charge >= 0.3 is 0 Å². The van der Waals surface area contributed by atoms with Crippen molar-refractivity contribution in [3.05, 3.63) is 63.1 Å². The highest BCUT2D eigenvalue weighted by molar-refractivity contribution is 6.37. The summed E-state index contributed by atoms with van der Waals surface area (Å²) in [5, 5.41) is 12.5. The van der Waals surface area contributed by atoms with Crippen molar-refractivity contribution in [1.29, 1.82) is 0 Å². The fraction of sp³-hybridized carbons (Fsp3) is 0.235. The van der Waals surface area contributed by atoms with Crippen LogP contribution in [-0.2, 0) is 19.8 Å². The summed E-state index contributed by atoms with van der Waals surface area (Å²) in [4.78, 5) is 12.3. The first-order valence-corrected chi connectivity index (χ1v) is 9.21. The maximum atomic E-state index is 12.3. The number of benzene rings is 1. The molecule has 0 saturated carbocycles. The van der Waals surface area contributed by atoms with Crippen LogP contribution in [-0.4, -0.2) is 25.5 Å². The van der Waals surface area contributed by atoms with Gasteiger partial charge < -0.3 is 10.1 Å². The third-order valence-corrected chi connectivity index (χ3v) is 4.57. The average Bonchev–Trinajstić information content (AvgIpc) is 3.26. The third kappa shape index (κ3) is 4.74. The quantitative estimate of drug-likeness (QED) is 0.617. The van der Waals surface area contributed by atoms with E-state index in [-0.39, 0.29) is 24.9 Å². The van der Waals surface area contributed by atoms with Crippen LogP contribution in [0.1, 0.15) is 23.1 Å². The van der Waals surface area contributed by atoms with Crippen molar-refractivity contribution in [2.24, 2.45) is 0 Å². The minimum absolute atomic E-state index is 0.0590. The van der Waals surface area contributed by atoms with E-state index in [2.05, 4.69) is 15.5 Å². The second-order valence-corrected chi connectivity index (χ2v) is 6.75. The molecule has 0 bridgehead atoms. The van der Waals surface area contributed by atoms with Crippen LogP contribution in [0.25, 0.3) is 0 Å². The number of aryl methyl sites for hydroxylation is 1. The summed E-state index contributed by atoms with van der Waals surface area (Å²) < 4.78 is 8.75. The van der Waals surface area contributed by atoms with Crippen LogP contribution in [0.5, 0.6) is 5.75 Å². The summed E-state index contributed by atoms with van der Waals surface area (Å²) in [6.07, 6.45) is 3.34. The summed E-state index contributed by atoms with van der Waals surface area (Å²) in [6, 6.07) is 6.66. The monoisotopic (exact) mass is 427 g/mol. The first-order valence-electron chi connectivity index (χ1n) is 8.08. The molecule has 0 atom stereocenters. The molecule has 1 aromatic carbocycles. The number of halogens is 3. The molecular formula is C17H16Cl3N5O2. The van der Waals surface area contributed by atoms with Gasteiger partial charge in [0.1, 0.15) is 11.4 Å². The van der Waals surface area contributed by atoms with Gasteiger partial charge in [-0.3, -0.25) is 9.48 Å². The molecule has 3 rings (SSSR count). The number of nitrogens with zero attached hydrogens (tertiary/aromatic N) is 4. The van der Waals surface area contributed by atoms with Gasteiger partial charge in [-0.15, -0.1) is 0 Å². The summed E-state index contributed by atoms with van der Waals surface area (Å²) in [5.74, 6) is 0.0233. The predicted molar refractivity (Wildman–Crippen MR) is 103 cm³/mol. The normalized spacial score (nSPS) is 10.8. The van der Waals surface area contributed by atoms with Crippen LogP contribution >= 0.6 is 34.8 Å². The Kier molecular flexibility index (Phi) is 6.26. The molecule has 7 nitrogen and oxygen atoms in total. The fourth-order valence-electron chi connectivity index (χ4n) is 2.28. The Morgan fingerprint density at radius 2 is 1.85 bits per heavy atom. The Hall–Kier alpha value is -2.22.